The lowest BCUT2D eigenvalue weighted by Crippen LogP contribution is -2.37. The van der Waals surface area contributed by atoms with Crippen molar-refractivity contribution in [2.24, 2.45) is 0 Å². The van der Waals surface area contributed by atoms with E-state index in [0.29, 0.717) is 19.7 Å². The number of piperidine rings is 2. The summed E-state index contributed by atoms with van der Waals surface area (Å²) in [6.07, 6.45) is 15.8. The van der Waals surface area contributed by atoms with E-state index < -0.39 is 0 Å². The van der Waals surface area contributed by atoms with E-state index >= 15 is 0 Å². The number of likely N-dealkylation sites (tertiary alicyclic amines) is 1. The maximum atomic E-state index is 12.2. The Kier molecular flexibility index (Phi) is 16.3. The number of aryl methyl sites for hydroxylation is 2. The van der Waals surface area contributed by atoms with Gasteiger partial charge in [0, 0.05) is 70.9 Å². The number of anilines is 2. The molecular formula is C49H58Br2Cl2N6O2. The van der Waals surface area contributed by atoms with E-state index in [4.69, 9.17) is 37.9 Å². The molecule has 1 amide bonds. The van der Waals surface area contributed by atoms with E-state index in [1.54, 1.807) is 4.90 Å². The first kappa shape index (κ1) is 45.6. The molecule has 0 spiro atoms. The Morgan fingerprint density at radius 3 is 1.64 bits per heavy atom. The highest BCUT2D eigenvalue weighted by molar-refractivity contribution is 9.11. The minimum atomic E-state index is -0.223. The van der Waals surface area contributed by atoms with E-state index in [9.17, 15) is 4.79 Å². The van der Waals surface area contributed by atoms with Gasteiger partial charge in [0.2, 0.25) is 0 Å². The SMILES string of the molecule is CCCCNc1c(Br)cnc2c1CCc1cc(Cl)ccc1C2=C1CCN(C(=O)OCC)CC1.CCCCNc1c(Br)cnc2c1CCc1cc(Cl)ccc1C2=C1CCNCC1. The van der Waals surface area contributed by atoms with E-state index in [1.807, 2.05) is 31.5 Å². The second kappa shape index (κ2) is 21.8. The first-order chi connectivity index (χ1) is 29.7. The number of amides is 1. The van der Waals surface area contributed by atoms with E-state index in [0.717, 1.165) is 126 Å². The fourth-order valence-electron chi connectivity index (χ4n) is 9.05. The second-order valence-electron chi connectivity index (χ2n) is 16.2. The van der Waals surface area contributed by atoms with Crippen LogP contribution in [-0.2, 0) is 30.4 Å². The van der Waals surface area contributed by atoms with Gasteiger partial charge in [0.1, 0.15) is 0 Å². The largest absolute Gasteiger partial charge is 0.450 e. The molecule has 0 radical (unpaired) electrons. The van der Waals surface area contributed by atoms with Crippen LogP contribution in [0.4, 0.5) is 16.2 Å². The molecule has 324 valence electrons. The number of aromatic nitrogens is 2. The van der Waals surface area contributed by atoms with Crippen LogP contribution in [0.25, 0.3) is 11.1 Å². The molecule has 2 saturated heterocycles. The number of carbonyl (C=O) groups excluding carboxylic acids is 1. The van der Waals surface area contributed by atoms with Gasteiger partial charge in [0.05, 0.1) is 38.3 Å². The van der Waals surface area contributed by atoms with Gasteiger partial charge in [0.15, 0.2) is 0 Å². The normalized spacial score (nSPS) is 16.0. The van der Waals surface area contributed by atoms with E-state index in [1.165, 1.54) is 74.2 Å². The van der Waals surface area contributed by atoms with Crippen molar-refractivity contribution in [1.29, 1.82) is 0 Å². The van der Waals surface area contributed by atoms with Crippen molar-refractivity contribution < 1.29 is 9.53 Å². The van der Waals surface area contributed by atoms with Gasteiger partial charge in [-0.2, -0.15) is 0 Å². The van der Waals surface area contributed by atoms with Crippen LogP contribution in [0.2, 0.25) is 10.0 Å². The lowest BCUT2D eigenvalue weighted by atomic mass is 9.88. The van der Waals surface area contributed by atoms with E-state index in [2.05, 4.69) is 85.9 Å². The number of nitrogens with one attached hydrogen (secondary N) is 3. The van der Waals surface area contributed by atoms with Crippen LogP contribution in [0.5, 0.6) is 0 Å². The van der Waals surface area contributed by atoms with Crippen molar-refractivity contribution in [2.45, 2.75) is 97.8 Å². The summed E-state index contributed by atoms with van der Waals surface area (Å²) in [5, 5.41) is 12.4. The van der Waals surface area contributed by atoms with Crippen molar-refractivity contribution in [3.8, 4) is 0 Å². The topological polar surface area (TPSA) is 91.4 Å². The maximum absolute atomic E-state index is 12.2. The Hall–Kier alpha value is -3.41. The van der Waals surface area contributed by atoms with Gasteiger partial charge in [-0.05, 0) is 163 Å². The lowest BCUT2D eigenvalue weighted by molar-refractivity contribution is 0.104. The van der Waals surface area contributed by atoms with Crippen LogP contribution in [-0.4, -0.2) is 66.8 Å². The zero-order valence-electron chi connectivity index (χ0n) is 35.7. The zero-order valence-corrected chi connectivity index (χ0v) is 40.4. The third-order valence-electron chi connectivity index (χ3n) is 12.2. The monoisotopic (exact) mass is 990 g/mol. The molecule has 2 aromatic carbocycles. The van der Waals surface area contributed by atoms with Gasteiger partial charge >= 0.3 is 6.09 Å². The number of rotatable bonds is 9. The molecule has 2 aliphatic carbocycles. The highest BCUT2D eigenvalue weighted by Crippen LogP contribution is 2.44. The Morgan fingerprint density at radius 2 is 1.18 bits per heavy atom. The highest BCUT2D eigenvalue weighted by Gasteiger charge is 2.30. The van der Waals surface area contributed by atoms with Crippen LogP contribution in [0.3, 0.4) is 0 Å². The van der Waals surface area contributed by atoms with Gasteiger partial charge in [-0.25, -0.2) is 4.79 Å². The highest BCUT2D eigenvalue weighted by atomic mass is 79.9. The Labute approximate surface area is 389 Å². The van der Waals surface area contributed by atoms with Crippen LogP contribution in [0.15, 0.2) is 68.9 Å². The summed E-state index contributed by atoms with van der Waals surface area (Å²) in [5.74, 6) is 0. The molecular weight excluding hydrogens is 935 g/mol. The first-order valence-electron chi connectivity index (χ1n) is 22.2. The summed E-state index contributed by atoms with van der Waals surface area (Å²) in [5.41, 5.74) is 17.7. The molecule has 2 aromatic heterocycles. The summed E-state index contributed by atoms with van der Waals surface area (Å²) >= 11 is 20.2. The molecule has 61 heavy (non-hydrogen) atoms. The minimum Gasteiger partial charge on any atom is -0.450 e. The number of ether oxygens (including phenoxy) is 1. The van der Waals surface area contributed by atoms with Crippen LogP contribution in [0.1, 0.15) is 117 Å². The number of unbranched alkanes of at least 4 members (excludes halogenated alkanes) is 2. The number of halogens is 4. The summed E-state index contributed by atoms with van der Waals surface area (Å²) in [4.78, 5) is 23.9. The lowest BCUT2D eigenvalue weighted by Gasteiger charge is -2.29. The standard InChI is InChI=1S/C26H31BrClN3O2.C23H27BrClN3/c1-3-5-12-29-24-21-8-6-18-15-19(28)7-9-20(18)23(25(21)30-16-22(24)27)17-10-13-31(14-11-17)26(32)33-4-2;1-2-3-10-27-22-19-6-4-16-13-17(25)5-7-18(16)21(15-8-11-26-12-9-15)23(19)28-14-20(22)24/h7,9,15-16H,3-6,8,10-14H2,1-2H3,(H,29,30);5,7,13-14,26H,2-4,6,8-12H2,1H3,(H,27,28). The predicted molar refractivity (Wildman–Crippen MR) is 260 cm³/mol. The van der Waals surface area contributed by atoms with Crippen LogP contribution < -0.4 is 16.0 Å². The average molecular weight is 994 g/mol. The molecule has 4 aliphatic rings. The number of nitrogens with zero attached hydrogens (tertiary/aromatic N) is 3. The fraction of sp³-hybridized carbons (Fsp3) is 0.449. The third kappa shape index (κ3) is 10.7. The van der Waals surface area contributed by atoms with Gasteiger partial charge in [-0.1, -0.05) is 73.2 Å². The molecule has 4 aromatic rings. The summed E-state index contributed by atoms with van der Waals surface area (Å²) in [6, 6.07) is 12.6. The van der Waals surface area contributed by atoms with Crippen molar-refractivity contribution in [1.82, 2.24) is 20.2 Å². The molecule has 0 bridgehead atoms. The quantitative estimate of drug-likeness (QED) is 0.144. The molecule has 8 rings (SSSR count). The van der Waals surface area contributed by atoms with Crippen molar-refractivity contribution in [3.63, 3.8) is 0 Å². The summed E-state index contributed by atoms with van der Waals surface area (Å²) < 4.78 is 7.27. The molecule has 8 nitrogen and oxygen atoms in total. The number of fused-ring (bicyclic) bond motifs is 4. The Bertz CT molecular complexity index is 2280. The molecule has 3 N–H and O–H groups in total. The van der Waals surface area contributed by atoms with Gasteiger partial charge in [-0.15, -0.1) is 0 Å². The van der Waals surface area contributed by atoms with Crippen molar-refractivity contribution in [2.75, 3.05) is 56.5 Å². The third-order valence-corrected chi connectivity index (χ3v) is 13.8. The van der Waals surface area contributed by atoms with Crippen molar-refractivity contribution in [3.05, 3.63) is 124 Å². The number of hydrogen-bond acceptors (Lipinski definition) is 7. The number of carbonyl (C=O) groups is 1. The molecule has 0 saturated carbocycles. The Morgan fingerprint density at radius 1 is 0.705 bits per heavy atom. The molecule has 2 aliphatic heterocycles. The van der Waals surface area contributed by atoms with Crippen LogP contribution in [0, 0.1) is 0 Å². The number of pyridine rings is 2. The van der Waals surface area contributed by atoms with Gasteiger partial charge in [0.25, 0.3) is 0 Å². The number of hydrogen-bond donors (Lipinski definition) is 3. The second-order valence-corrected chi connectivity index (χ2v) is 18.8. The maximum Gasteiger partial charge on any atom is 0.409 e. The smallest absolute Gasteiger partial charge is 0.409 e. The van der Waals surface area contributed by atoms with Gasteiger partial charge in [-0.3, -0.25) is 9.97 Å². The predicted octanol–water partition coefficient (Wildman–Crippen LogP) is 12.9. The molecule has 0 atom stereocenters. The molecule has 12 heteroatoms. The Balaban J connectivity index is 0.000000186. The molecule has 4 heterocycles. The van der Waals surface area contributed by atoms with E-state index in [-0.39, 0.29) is 6.09 Å². The fourth-order valence-corrected chi connectivity index (χ4v) is 10.4. The van der Waals surface area contributed by atoms with Gasteiger partial charge < -0.3 is 25.6 Å². The van der Waals surface area contributed by atoms with Crippen molar-refractivity contribution >= 4 is 83.7 Å². The summed E-state index contributed by atoms with van der Waals surface area (Å²) in [7, 11) is 0. The molecule has 0 unspecified atom stereocenters. The first-order valence-corrected chi connectivity index (χ1v) is 24.5. The zero-order chi connectivity index (χ0) is 42.9. The average Bonchev–Trinajstić information content (AvgIpc) is 3.53. The summed E-state index contributed by atoms with van der Waals surface area (Å²) in [6.45, 7) is 12.0. The number of benzene rings is 2. The molecule has 2 fully saturated rings. The minimum absolute atomic E-state index is 0.223. The van der Waals surface area contributed by atoms with Crippen LogP contribution >= 0.6 is 55.1 Å².